The number of aldehydes is 1. The molecule has 122 valence electrons. The number of carbonyl (C=O) groups excluding carboxylic acids is 1. The van der Waals surface area contributed by atoms with E-state index in [1.165, 1.54) is 0 Å². The van der Waals surface area contributed by atoms with Crippen molar-refractivity contribution in [1.29, 1.82) is 0 Å². The SMILES string of the molecule is CCN/C(C)=C(\S)c1ccc(CN)cc1.O=CC1CCCN1. The normalized spacial score (nSPS) is 18.1. The summed E-state index contributed by atoms with van der Waals surface area (Å²) in [5, 5.41) is 6.29. The van der Waals surface area contributed by atoms with Gasteiger partial charge >= 0.3 is 0 Å². The van der Waals surface area contributed by atoms with Crippen molar-refractivity contribution < 1.29 is 4.79 Å². The van der Waals surface area contributed by atoms with Gasteiger partial charge in [0.1, 0.15) is 6.29 Å². The fourth-order valence-corrected chi connectivity index (χ4v) is 2.42. The van der Waals surface area contributed by atoms with E-state index < -0.39 is 0 Å². The highest BCUT2D eigenvalue weighted by Crippen LogP contribution is 2.21. The maximum atomic E-state index is 9.94. The van der Waals surface area contributed by atoms with E-state index in [4.69, 9.17) is 5.73 Å². The summed E-state index contributed by atoms with van der Waals surface area (Å²) in [5.74, 6) is 0. The predicted octanol–water partition coefficient (Wildman–Crippen LogP) is 2.31. The first-order valence-corrected chi connectivity index (χ1v) is 8.18. The molecule has 0 aliphatic carbocycles. The summed E-state index contributed by atoms with van der Waals surface area (Å²) in [4.78, 5) is 10.9. The number of nitrogens with one attached hydrogen (secondary N) is 2. The Hall–Kier alpha value is -1.30. The van der Waals surface area contributed by atoms with Crippen molar-refractivity contribution in [2.45, 2.75) is 39.3 Å². The molecule has 1 aliphatic rings. The van der Waals surface area contributed by atoms with Crippen molar-refractivity contribution in [3.63, 3.8) is 0 Å². The molecule has 0 amide bonds. The molecule has 0 spiro atoms. The molecular formula is C17H27N3OS. The van der Waals surface area contributed by atoms with Gasteiger partial charge in [-0.15, -0.1) is 12.6 Å². The molecule has 0 aromatic heterocycles. The zero-order valence-corrected chi connectivity index (χ0v) is 14.3. The minimum absolute atomic E-state index is 0.167. The first-order chi connectivity index (χ1) is 10.6. The molecule has 5 heteroatoms. The summed E-state index contributed by atoms with van der Waals surface area (Å²) in [6.07, 6.45) is 3.17. The third-order valence-electron chi connectivity index (χ3n) is 3.52. The van der Waals surface area contributed by atoms with Crippen LogP contribution in [-0.4, -0.2) is 25.4 Å². The summed E-state index contributed by atoms with van der Waals surface area (Å²) in [6, 6.07) is 8.33. The van der Waals surface area contributed by atoms with Crippen LogP contribution in [0, 0.1) is 0 Å². The van der Waals surface area contributed by atoms with Crippen LogP contribution < -0.4 is 16.4 Å². The lowest BCUT2D eigenvalue weighted by Gasteiger charge is -2.09. The highest BCUT2D eigenvalue weighted by Gasteiger charge is 2.10. The lowest BCUT2D eigenvalue weighted by Crippen LogP contribution is -2.21. The van der Waals surface area contributed by atoms with Gasteiger partial charge in [-0.25, -0.2) is 0 Å². The van der Waals surface area contributed by atoms with Crippen molar-refractivity contribution in [2.75, 3.05) is 13.1 Å². The second kappa shape index (κ2) is 10.4. The van der Waals surface area contributed by atoms with E-state index in [1.54, 1.807) is 0 Å². The average molecular weight is 321 g/mol. The fraction of sp³-hybridized carbons (Fsp3) is 0.471. The highest BCUT2D eigenvalue weighted by atomic mass is 32.1. The van der Waals surface area contributed by atoms with E-state index in [2.05, 4.69) is 30.2 Å². The Morgan fingerprint density at radius 3 is 2.55 bits per heavy atom. The molecule has 2 rings (SSSR count). The van der Waals surface area contributed by atoms with Gasteiger partial charge < -0.3 is 21.2 Å². The number of carbonyl (C=O) groups is 1. The Kier molecular flexibility index (Phi) is 8.89. The van der Waals surface area contributed by atoms with Gasteiger partial charge in [0, 0.05) is 23.7 Å². The molecule has 0 bridgehead atoms. The first-order valence-electron chi connectivity index (χ1n) is 7.74. The molecule has 1 fully saturated rings. The van der Waals surface area contributed by atoms with Gasteiger partial charge in [-0.2, -0.15) is 0 Å². The van der Waals surface area contributed by atoms with Gasteiger partial charge in [-0.3, -0.25) is 0 Å². The van der Waals surface area contributed by atoms with Gasteiger partial charge in [-0.05, 0) is 44.4 Å². The maximum Gasteiger partial charge on any atom is 0.136 e. The molecule has 4 N–H and O–H groups in total. The van der Waals surface area contributed by atoms with Crippen LogP contribution in [0.4, 0.5) is 0 Å². The summed E-state index contributed by atoms with van der Waals surface area (Å²) in [6.45, 7) is 6.61. The second-order valence-electron chi connectivity index (χ2n) is 5.24. The summed E-state index contributed by atoms with van der Waals surface area (Å²) >= 11 is 4.50. The standard InChI is InChI=1S/C12H18N2S.C5H9NO/c1-3-14-9(2)12(15)11-6-4-10(8-13)5-7-11;7-4-5-2-1-3-6-5/h4-7,14-15H,3,8,13H2,1-2H3;4-6H,1-3H2/b12-9-;. The molecule has 22 heavy (non-hydrogen) atoms. The lowest BCUT2D eigenvalue weighted by molar-refractivity contribution is -0.109. The third kappa shape index (κ3) is 6.22. The quantitative estimate of drug-likeness (QED) is 0.496. The van der Waals surface area contributed by atoms with Crippen LogP contribution >= 0.6 is 12.6 Å². The summed E-state index contributed by atoms with van der Waals surface area (Å²) in [5.41, 5.74) is 8.90. The number of nitrogens with two attached hydrogens (primary N) is 1. The van der Waals surface area contributed by atoms with Crippen molar-refractivity contribution >= 4 is 23.8 Å². The second-order valence-corrected chi connectivity index (χ2v) is 5.69. The Morgan fingerprint density at radius 1 is 1.45 bits per heavy atom. The Morgan fingerprint density at radius 2 is 2.14 bits per heavy atom. The van der Waals surface area contributed by atoms with Gasteiger partial charge in [-0.1, -0.05) is 24.3 Å². The fourth-order valence-electron chi connectivity index (χ4n) is 2.19. The van der Waals surface area contributed by atoms with E-state index in [9.17, 15) is 4.79 Å². The third-order valence-corrected chi connectivity index (χ3v) is 4.12. The van der Waals surface area contributed by atoms with E-state index in [1.807, 2.05) is 31.2 Å². The van der Waals surface area contributed by atoms with Crippen LogP contribution in [0.15, 0.2) is 30.0 Å². The van der Waals surface area contributed by atoms with E-state index in [0.717, 1.165) is 53.9 Å². The number of hydrogen-bond donors (Lipinski definition) is 4. The molecule has 0 saturated carbocycles. The Balaban J connectivity index is 0.000000287. The molecule has 1 aromatic carbocycles. The average Bonchev–Trinajstić information content (AvgIpc) is 3.09. The molecule has 1 aliphatic heterocycles. The summed E-state index contributed by atoms with van der Waals surface area (Å²) in [7, 11) is 0. The number of benzene rings is 1. The van der Waals surface area contributed by atoms with Crippen LogP contribution in [-0.2, 0) is 11.3 Å². The largest absolute Gasteiger partial charge is 0.388 e. The number of allylic oxidation sites excluding steroid dienone is 1. The molecule has 0 radical (unpaired) electrons. The van der Waals surface area contributed by atoms with Gasteiger partial charge in [0.05, 0.1) is 6.04 Å². The number of thiol groups is 1. The monoisotopic (exact) mass is 321 g/mol. The summed E-state index contributed by atoms with van der Waals surface area (Å²) < 4.78 is 0. The smallest absolute Gasteiger partial charge is 0.136 e. The Labute approximate surface area is 139 Å². The predicted molar refractivity (Wildman–Crippen MR) is 96.7 cm³/mol. The van der Waals surface area contributed by atoms with Crippen LogP contribution in [0.3, 0.4) is 0 Å². The molecule has 1 atom stereocenters. The first kappa shape index (κ1) is 18.7. The van der Waals surface area contributed by atoms with Crippen LogP contribution in [0.1, 0.15) is 37.8 Å². The Bertz CT molecular complexity index is 479. The molecule has 1 saturated heterocycles. The van der Waals surface area contributed by atoms with Gasteiger partial charge in [0.2, 0.25) is 0 Å². The van der Waals surface area contributed by atoms with Crippen molar-refractivity contribution in [1.82, 2.24) is 10.6 Å². The van der Waals surface area contributed by atoms with Crippen LogP contribution in [0.2, 0.25) is 0 Å². The maximum absolute atomic E-state index is 9.94. The zero-order valence-electron chi connectivity index (χ0n) is 13.4. The van der Waals surface area contributed by atoms with Crippen LogP contribution in [0.5, 0.6) is 0 Å². The van der Waals surface area contributed by atoms with Crippen LogP contribution in [0.25, 0.3) is 4.91 Å². The zero-order chi connectivity index (χ0) is 16.4. The molecular weight excluding hydrogens is 294 g/mol. The molecule has 1 heterocycles. The molecule has 1 unspecified atom stereocenters. The molecule has 4 nitrogen and oxygen atoms in total. The van der Waals surface area contributed by atoms with E-state index in [-0.39, 0.29) is 6.04 Å². The number of rotatable bonds is 5. The topological polar surface area (TPSA) is 67.1 Å². The minimum Gasteiger partial charge on any atom is -0.388 e. The minimum atomic E-state index is 0.167. The molecule has 1 aromatic rings. The van der Waals surface area contributed by atoms with Crippen molar-refractivity contribution in [2.24, 2.45) is 5.73 Å². The van der Waals surface area contributed by atoms with Crippen molar-refractivity contribution in [3.05, 3.63) is 41.1 Å². The lowest BCUT2D eigenvalue weighted by atomic mass is 10.1. The van der Waals surface area contributed by atoms with E-state index >= 15 is 0 Å². The van der Waals surface area contributed by atoms with Gasteiger partial charge in [0.25, 0.3) is 0 Å². The highest BCUT2D eigenvalue weighted by molar-refractivity contribution is 7.90. The number of hydrogen-bond acceptors (Lipinski definition) is 5. The van der Waals surface area contributed by atoms with Gasteiger partial charge in [0.15, 0.2) is 0 Å². The van der Waals surface area contributed by atoms with E-state index in [0.29, 0.717) is 6.54 Å². The van der Waals surface area contributed by atoms with Crippen molar-refractivity contribution in [3.8, 4) is 0 Å².